The van der Waals surface area contributed by atoms with Crippen molar-refractivity contribution < 1.29 is 14.3 Å². The van der Waals surface area contributed by atoms with Crippen molar-refractivity contribution in [2.24, 2.45) is 0 Å². The Morgan fingerprint density at radius 1 is 1.08 bits per heavy atom. The van der Waals surface area contributed by atoms with Gasteiger partial charge in [0.25, 0.3) is 0 Å². The molecule has 2 aromatic rings. The van der Waals surface area contributed by atoms with E-state index in [1.807, 2.05) is 24.1 Å². The van der Waals surface area contributed by atoms with Gasteiger partial charge in [0.2, 0.25) is 11.9 Å². The van der Waals surface area contributed by atoms with Gasteiger partial charge in [-0.05, 0) is 38.2 Å². The van der Waals surface area contributed by atoms with E-state index in [1.165, 1.54) is 32.1 Å². The first-order valence-electron chi connectivity index (χ1n) is 13.5. The normalized spacial score (nSPS) is 17.5. The molecule has 0 bridgehead atoms. The largest absolute Gasteiger partial charge is 0.493 e. The first-order chi connectivity index (χ1) is 18.0. The van der Waals surface area contributed by atoms with Crippen LogP contribution in [0, 0.1) is 0 Å². The highest BCUT2D eigenvalue weighted by molar-refractivity contribution is 6.27. The molecule has 0 spiro atoms. The predicted octanol–water partition coefficient (Wildman–Crippen LogP) is 4.04. The number of hydrogen-bond donors (Lipinski definition) is 2. The summed E-state index contributed by atoms with van der Waals surface area (Å²) in [5, 5.41) is 7.47. The summed E-state index contributed by atoms with van der Waals surface area (Å²) in [4.78, 5) is 25.9. The molecule has 204 valence electrons. The van der Waals surface area contributed by atoms with Gasteiger partial charge in [-0.2, -0.15) is 4.98 Å². The lowest BCUT2D eigenvalue weighted by Gasteiger charge is -2.39. The van der Waals surface area contributed by atoms with Gasteiger partial charge in [-0.25, -0.2) is 4.98 Å². The number of likely N-dealkylation sites (tertiary alicyclic amines) is 1. The quantitative estimate of drug-likeness (QED) is 0.331. The number of rotatable bonds is 11. The second kappa shape index (κ2) is 13.3. The molecule has 37 heavy (non-hydrogen) atoms. The SMILES string of the molecule is COc1cc2nc(N(C)CCCNC(=O)CCl)nc(NC3CCN(C4CCCCC4)CC3)c2cc1OC. The van der Waals surface area contributed by atoms with Crippen molar-refractivity contribution in [1.29, 1.82) is 0 Å². The lowest BCUT2D eigenvalue weighted by Crippen LogP contribution is -2.45. The highest BCUT2D eigenvalue weighted by Crippen LogP contribution is 2.36. The third-order valence-electron chi connectivity index (χ3n) is 7.61. The van der Waals surface area contributed by atoms with Gasteiger partial charge < -0.3 is 29.9 Å². The average Bonchev–Trinajstić information content (AvgIpc) is 2.95. The number of carbonyl (C=O) groups excluding carboxylic acids is 1. The molecule has 10 heteroatoms. The Kier molecular flexibility index (Phi) is 9.91. The standard InChI is InChI=1S/C27H41ClN6O3/c1-33(13-7-12-29-25(35)18-28)27-31-22-17-24(37-3)23(36-2)16-21(22)26(32-27)30-19-10-14-34(15-11-19)20-8-5-4-6-9-20/h16-17,19-20H,4-15,18H2,1-3H3,(H,29,35)(H,30,31,32). The molecular formula is C27H41ClN6O3. The van der Waals surface area contributed by atoms with E-state index in [9.17, 15) is 4.79 Å². The first-order valence-corrected chi connectivity index (χ1v) is 14.0. The Morgan fingerprint density at radius 2 is 1.78 bits per heavy atom. The Morgan fingerprint density at radius 3 is 2.46 bits per heavy atom. The number of amides is 1. The minimum Gasteiger partial charge on any atom is -0.493 e. The molecule has 1 aromatic carbocycles. The molecule has 2 heterocycles. The van der Waals surface area contributed by atoms with E-state index < -0.39 is 0 Å². The Bertz CT molecular complexity index is 1040. The minimum absolute atomic E-state index is 0.0243. The molecule has 1 amide bonds. The van der Waals surface area contributed by atoms with E-state index in [2.05, 4.69) is 15.5 Å². The Balaban J connectivity index is 1.50. The van der Waals surface area contributed by atoms with Gasteiger partial charge in [0.1, 0.15) is 11.7 Å². The summed E-state index contributed by atoms with van der Waals surface area (Å²) in [5.74, 6) is 2.56. The highest BCUT2D eigenvalue weighted by Gasteiger charge is 2.27. The summed E-state index contributed by atoms with van der Waals surface area (Å²) >= 11 is 5.56. The number of aromatic nitrogens is 2. The van der Waals surface area contributed by atoms with Crippen molar-refractivity contribution in [1.82, 2.24) is 20.2 Å². The third kappa shape index (κ3) is 7.08. The molecule has 1 aliphatic carbocycles. The van der Waals surface area contributed by atoms with Crippen molar-refractivity contribution >= 4 is 40.2 Å². The van der Waals surface area contributed by atoms with Gasteiger partial charge >= 0.3 is 0 Å². The molecule has 1 aliphatic heterocycles. The van der Waals surface area contributed by atoms with Crippen LogP contribution < -0.4 is 25.0 Å². The molecule has 0 unspecified atom stereocenters. The highest BCUT2D eigenvalue weighted by atomic mass is 35.5. The monoisotopic (exact) mass is 532 g/mol. The topological polar surface area (TPSA) is 91.8 Å². The van der Waals surface area contributed by atoms with Gasteiger partial charge in [-0.1, -0.05) is 19.3 Å². The molecule has 4 rings (SSSR count). The number of hydrogen-bond acceptors (Lipinski definition) is 8. The summed E-state index contributed by atoms with van der Waals surface area (Å²) in [6, 6.07) is 4.99. The lowest BCUT2D eigenvalue weighted by atomic mass is 9.92. The van der Waals surface area contributed by atoms with E-state index in [4.69, 9.17) is 31.0 Å². The van der Waals surface area contributed by atoms with Crippen LogP contribution in [0.25, 0.3) is 10.9 Å². The van der Waals surface area contributed by atoms with E-state index in [-0.39, 0.29) is 11.8 Å². The zero-order valence-corrected chi connectivity index (χ0v) is 23.1. The number of benzene rings is 1. The summed E-state index contributed by atoms with van der Waals surface area (Å²) in [6.45, 7) is 3.51. The second-order valence-electron chi connectivity index (χ2n) is 10.1. The summed E-state index contributed by atoms with van der Waals surface area (Å²) < 4.78 is 11.1. The molecule has 1 aromatic heterocycles. The summed E-state index contributed by atoms with van der Waals surface area (Å²) in [5.41, 5.74) is 0.798. The van der Waals surface area contributed by atoms with Crippen LogP contribution in [0.4, 0.5) is 11.8 Å². The van der Waals surface area contributed by atoms with Gasteiger partial charge in [0.15, 0.2) is 11.5 Å². The number of alkyl halides is 1. The maximum absolute atomic E-state index is 11.4. The molecular weight excluding hydrogens is 492 g/mol. The molecule has 2 N–H and O–H groups in total. The predicted molar refractivity (Wildman–Crippen MR) is 149 cm³/mol. The zero-order chi connectivity index (χ0) is 26.2. The van der Waals surface area contributed by atoms with Crippen LogP contribution in [0.3, 0.4) is 0 Å². The number of piperidine rings is 1. The van der Waals surface area contributed by atoms with Crippen LogP contribution in [0.15, 0.2) is 12.1 Å². The van der Waals surface area contributed by atoms with Crippen LogP contribution >= 0.6 is 11.6 Å². The van der Waals surface area contributed by atoms with Gasteiger partial charge in [-0.15, -0.1) is 11.6 Å². The number of halogens is 1. The fourth-order valence-corrected chi connectivity index (χ4v) is 5.56. The fourth-order valence-electron chi connectivity index (χ4n) is 5.46. The molecule has 1 saturated heterocycles. The van der Waals surface area contributed by atoms with Crippen LogP contribution in [0.2, 0.25) is 0 Å². The van der Waals surface area contributed by atoms with Crippen LogP contribution in [-0.2, 0) is 4.79 Å². The van der Waals surface area contributed by atoms with Crippen LogP contribution in [-0.4, -0.2) is 86.2 Å². The molecule has 1 saturated carbocycles. The number of nitrogens with zero attached hydrogens (tertiary/aromatic N) is 4. The van der Waals surface area contributed by atoms with Crippen molar-refractivity contribution in [3.63, 3.8) is 0 Å². The zero-order valence-electron chi connectivity index (χ0n) is 22.4. The molecule has 0 radical (unpaired) electrons. The second-order valence-corrected chi connectivity index (χ2v) is 10.4. The third-order valence-corrected chi connectivity index (χ3v) is 7.85. The number of carbonyl (C=O) groups is 1. The van der Waals surface area contributed by atoms with Crippen molar-refractivity contribution in [3.05, 3.63) is 12.1 Å². The molecule has 2 aliphatic rings. The van der Waals surface area contributed by atoms with Gasteiger partial charge in [-0.3, -0.25) is 4.79 Å². The smallest absolute Gasteiger partial charge is 0.234 e. The molecule has 9 nitrogen and oxygen atoms in total. The Hall–Kier alpha value is -2.52. The van der Waals surface area contributed by atoms with Crippen molar-refractivity contribution in [2.45, 2.75) is 63.5 Å². The van der Waals surface area contributed by atoms with Crippen LogP contribution in [0.1, 0.15) is 51.4 Å². The van der Waals surface area contributed by atoms with E-state index in [0.29, 0.717) is 36.6 Å². The van der Waals surface area contributed by atoms with E-state index >= 15 is 0 Å². The number of anilines is 2. The maximum atomic E-state index is 11.4. The molecule has 2 fully saturated rings. The van der Waals surface area contributed by atoms with E-state index in [0.717, 1.165) is 55.1 Å². The van der Waals surface area contributed by atoms with Crippen LogP contribution in [0.5, 0.6) is 11.5 Å². The Labute approximate surface area is 225 Å². The van der Waals surface area contributed by atoms with E-state index in [1.54, 1.807) is 14.2 Å². The van der Waals surface area contributed by atoms with Gasteiger partial charge in [0.05, 0.1) is 19.7 Å². The summed E-state index contributed by atoms with van der Waals surface area (Å²) in [7, 11) is 5.24. The number of ether oxygens (including phenoxy) is 2. The first kappa shape index (κ1) is 27.5. The average molecular weight is 533 g/mol. The number of fused-ring (bicyclic) bond motifs is 1. The van der Waals surface area contributed by atoms with Gasteiger partial charge in [0, 0.05) is 56.8 Å². The fraction of sp³-hybridized carbons (Fsp3) is 0.667. The maximum Gasteiger partial charge on any atom is 0.234 e. The molecule has 0 atom stereocenters. The number of methoxy groups -OCH3 is 2. The lowest BCUT2D eigenvalue weighted by molar-refractivity contribution is -0.118. The van der Waals surface area contributed by atoms with Crippen molar-refractivity contribution in [2.75, 3.05) is 63.5 Å². The minimum atomic E-state index is -0.159. The summed E-state index contributed by atoms with van der Waals surface area (Å²) in [6.07, 6.45) is 9.79. The number of nitrogens with one attached hydrogen (secondary N) is 2. The van der Waals surface area contributed by atoms with Crippen molar-refractivity contribution in [3.8, 4) is 11.5 Å².